The number of rotatable bonds is 7. The summed E-state index contributed by atoms with van der Waals surface area (Å²) in [6.07, 6.45) is 2.62. The molecule has 0 aliphatic heterocycles. The third kappa shape index (κ3) is 6.87. The molecular weight excluding hydrogens is 252 g/mol. The highest BCUT2D eigenvalue weighted by atomic mass is 16.5. The highest BCUT2D eigenvalue weighted by Crippen LogP contribution is 2.15. The molecular formula is C16H28N2O2. The van der Waals surface area contributed by atoms with Gasteiger partial charge in [0, 0.05) is 37.9 Å². The molecule has 4 nitrogen and oxygen atoms in total. The maximum Gasteiger partial charge on any atom is 0.213 e. The first-order chi connectivity index (χ1) is 9.22. The number of hydrogen-bond donors (Lipinski definition) is 1. The van der Waals surface area contributed by atoms with Crippen molar-refractivity contribution in [3.8, 4) is 5.88 Å². The monoisotopic (exact) mass is 280 g/mol. The summed E-state index contributed by atoms with van der Waals surface area (Å²) in [6.45, 7) is 12.0. The standard InChI is InChI=1S/C16H28N2O2/c1-15(2,3)18-12-13-7-9-17-14(11-13)20-10-8-16(4,5)19-6/h7,9,11,18H,8,10,12H2,1-6H3. The van der Waals surface area contributed by atoms with Gasteiger partial charge in [-0.1, -0.05) is 0 Å². The second-order valence-corrected chi connectivity index (χ2v) is 6.67. The molecule has 1 N–H and O–H groups in total. The summed E-state index contributed by atoms with van der Waals surface area (Å²) >= 11 is 0. The molecule has 0 fully saturated rings. The zero-order valence-electron chi connectivity index (χ0n) is 13.6. The predicted octanol–water partition coefficient (Wildman–Crippen LogP) is 3.16. The second-order valence-electron chi connectivity index (χ2n) is 6.67. The average molecular weight is 280 g/mol. The van der Waals surface area contributed by atoms with Crippen LogP contribution in [0.4, 0.5) is 0 Å². The van der Waals surface area contributed by atoms with E-state index < -0.39 is 0 Å². The fourth-order valence-corrected chi connectivity index (χ4v) is 1.51. The van der Waals surface area contributed by atoms with E-state index in [0.717, 1.165) is 13.0 Å². The third-order valence-corrected chi connectivity index (χ3v) is 3.13. The molecule has 0 atom stereocenters. The van der Waals surface area contributed by atoms with Crippen LogP contribution in [0.2, 0.25) is 0 Å². The van der Waals surface area contributed by atoms with Gasteiger partial charge in [0.25, 0.3) is 0 Å². The van der Waals surface area contributed by atoms with E-state index in [-0.39, 0.29) is 11.1 Å². The third-order valence-electron chi connectivity index (χ3n) is 3.13. The van der Waals surface area contributed by atoms with Crippen LogP contribution in [0.25, 0.3) is 0 Å². The fraction of sp³-hybridized carbons (Fsp3) is 0.688. The molecule has 4 heteroatoms. The molecule has 0 spiro atoms. The Balaban J connectivity index is 2.48. The lowest BCUT2D eigenvalue weighted by Crippen LogP contribution is -2.35. The molecule has 0 unspecified atom stereocenters. The molecule has 0 radical (unpaired) electrons. The Kier molecular flexibility index (Phi) is 5.96. The van der Waals surface area contributed by atoms with Crippen molar-refractivity contribution in [2.75, 3.05) is 13.7 Å². The van der Waals surface area contributed by atoms with Crippen LogP contribution in [0.3, 0.4) is 0 Å². The molecule has 0 saturated heterocycles. The number of nitrogens with one attached hydrogen (secondary N) is 1. The lowest BCUT2D eigenvalue weighted by Gasteiger charge is -2.22. The van der Waals surface area contributed by atoms with Crippen LogP contribution >= 0.6 is 0 Å². The summed E-state index contributed by atoms with van der Waals surface area (Å²) in [4.78, 5) is 4.24. The Morgan fingerprint density at radius 3 is 2.50 bits per heavy atom. The Bertz CT molecular complexity index is 411. The van der Waals surface area contributed by atoms with Crippen LogP contribution < -0.4 is 10.1 Å². The molecule has 0 aliphatic carbocycles. The van der Waals surface area contributed by atoms with E-state index in [1.165, 1.54) is 5.56 Å². The number of methoxy groups -OCH3 is 1. The minimum Gasteiger partial charge on any atom is -0.478 e. The molecule has 1 aromatic rings. The fourth-order valence-electron chi connectivity index (χ4n) is 1.51. The Labute approximate surface area is 122 Å². The van der Waals surface area contributed by atoms with Crippen LogP contribution in [0, 0.1) is 0 Å². The van der Waals surface area contributed by atoms with Crippen molar-refractivity contribution in [3.63, 3.8) is 0 Å². The maximum absolute atomic E-state index is 5.70. The second kappa shape index (κ2) is 7.04. The number of pyridine rings is 1. The van der Waals surface area contributed by atoms with Crippen molar-refractivity contribution in [1.29, 1.82) is 0 Å². The van der Waals surface area contributed by atoms with Gasteiger partial charge in [0.15, 0.2) is 0 Å². The van der Waals surface area contributed by atoms with Gasteiger partial charge in [-0.3, -0.25) is 0 Å². The van der Waals surface area contributed by atoms with Crippen molar-refractivity contribution >= 4 is 0 Å². The highest BCUT2D eigenvalue weighted by Gasteiger charge is 2.16. The van der Waals surface area contributed by atoms with Gasteiger partial charge in [0.2, 0.25) is 5.88 Å². The predicted molar refractivity (Wildman–Crippen MR) is 82.0 cm³/mol. The molecule has 0 saturated carbocycles. The Hall–Kier alpha value is -1.13. The summed E-state index contributed by atoms with van der Waals surface area (Å²) in [5.41, 5.74) is 1.12. The largest absolute Gasteiger partial charge is 0.478 e. The Morgan fingerprint density at radius 1 is 1.20 bits per heavy atom. The SMILES string of the molecule is COC(C)(C)CCOc1cc(CNC(C)(C)C)ccn1. The zero-order chi connectivity index (χ0) is 15.2. The van der Waals surface area contributed by atoms with Gasteiger partial charge in [-0.25, -0.2) is 4.98 Å². The topological polar surface area (TPSA) is 43.4 Å². The summed E-state index contributed by atoms with van der Waals surface area (Å²) in [5, 5.41) is 3.45. The normalized spacial score (nSPS) is 12.5. The molecule has 1 aromatic heterocycles. The minimum atomic E-state index is -0.161. The molecule has 0 aromatic carbocycles. The first-order valence-corrected chi connectivity index (χ1v) is 7.10. The quantitative estimate of drug-likeness (QED) is 0.833. The molecule has 1 heterocycles. The summed E-state index contributed by atoms with van der Waals surface area (Å²) in [5.74, 6) is 0.671. The molecule has 20 heavy (non-hydrogen) atoms. The molecule has 0 amide bonds. The zero-order valence-corrected chi connectivity index (χ0v) is 13.6. The van der Waals surface area contributed by atoms with Crippen molar-refractivity contribution in [2.45, 2.75) is 58.7 Å². The van der Waals surface area contributed by atoms with Crippen LogP contribution in [0.1, 0.15) is 46.6 Å². The first kappa shape index (κ1) is 16.9. The lowest BCUT2D eigenvalue weighted by molar-refractivity contribution is 0.00508. The summed E-state index contributed by atoms with van der Waals surface area (Å²) < 4.78 is 11.1. The van der Waals surface area contributed by atoms with Gasteiger partial charge in [0.05, 0.1) is 12.2 Å². The van der Waals surface area contributed by atoms with E-state index in [9.17, 15) is 0 Å². The number of nitrogens with zero attached hydrogens (tertiary/aromatic N) is 1. The molecule has 0 aliphatic rings. The summed E-state index contributed by atoms with van der Waals surface area (Å²) in [7, 11) is 1.72. The molecule has 0 bridgehead atoms. The van der Waals surface area contributed by atoms with E-state index in [2.05, 4.69) is 31.1 Å². The van der Waals surface area contributed by atoms with E-state index >= 15 is 0 Å². The van der Waals surface area contributed by atoms with Gasteiger partial charge in [-0.05, 0) is 46.2 Å². The van der Waals surface area contributed by atoms with E-state index in [0.29, 0.717) is 12.5 Å². The van der Waals surface area contributed by atoms with Crippen molar-refractivity contribution in [3.05, 3.63) is 23.9 Å². The van der Waals surface area contributed by atoms with E-state index in [1.807, 2.05) is 26.0 Å². The van der Waals surface area contributed by atoms with Crippen LogP contribution in [0.5, 0.6) is 5.88 Å². The van der Waals surface area contributed by atoms with Gasteiger partial charge >= 0.3 is 0 Å². The van der Waals surface area contributed by atoms with E-state index in [4.69, 9.17) is 9.47 Å². The van der Waals surface area contributed by atoms with Gasteiger partial charge in [0.1, 0.15) is 0 Å². The van der Waals surface area contributed by atoms with Crippen LogP contribution in [0.15, 0.2) is 18.3 Å². The highest BCUT2D eigenvalue weighted by molar-refractivity contribution is 5.20. The smallest absolute Gasteiger partial charge is 0.213 e. The van der Waals surface area contributed by atoms with Crippen molar-refractivity contribution in [1.82, 2.24) is 10.3 Å². The molecule has 114 valence electrons. The van der Waals surface area contributed by atoms with Crippen LogP contribution in [-0.4, -0.2) is 29.8 Å². The number of hydrogen-bond acceptors (Lipinski definition) is 4. The Morgan fingerprint density at radius 2 is 1.90 bits per heavy atom. The molecule has 1 rings (SSSR count). The number of aromatic nitrogens is 1. The van der Waals surface area contributed by atoms with E-state index in [1.54, 1.807) is 13.3 Å². The average Bonchev–Trinajstić information content (AvgIpc) is 2.36. The lowest BCUT2D eigenvalue weighted by atomic mass is 10.1. The van der Waals surface area contributed by atoms with Gasteiger partial charge in [-0.15, -0.1) is 0 Å². The van der Waals surface area contributed by atoms with Gasteiger partial charge < -0.3 is 14.8 Å². The first-order valence-electron chi connectivity index (χ1n) is 7.10. The van der Waals surface area contributed by atoms with Crippen molar-refractivity contribution < 1.29 is 9.47 Å². The minimum absolute atomic E-state index is 0.104. The van der Waals surface area contributed by atoms with Gasteiger partial charge in [-0.2, -0.15) is 0 Å². The number of ether oxygens (including phenoxy) is 2. The maximum atomic E-state index is 5.70. The summed E-state index contributed by atoms with van der Waals surface area (Å²) in [6, 6.07) is 3.99. The van der Waals surface area contributed by atoms with Crippen molar-refractivity contribution in [2.24, 2.45) is 0 Å². The van der Waals surface area contributed by atoms with Crippen LogP contribution in [-0.2, 0) is 11.3 Å².